The third-order valence-electron chi connectivity index (χ3n) is 3.97. The number of guanidine groups is 1. The molecule has 0 atom stereocenters. The molecule has 0 spiro atoms. The van der Waals surface area contributed by atoms with E-state index in [1.54, 1.807) is 7.11 Å². The Bertz CT molecular complexity index is 575. The highest BCUT2D eigenvalue weighted by Crippen LogP contribution is 2.18. The average molecular weight is 476 g/mol. The summed E-state index contributed by atoms with van der Waals surface area (Å²) in [7, 11) is 1.67. The van der Waals surface area contributed by atoms with Crippen molar-refractivity contribution in [1.29, 1.82) is 0 Å². The van der Waals surface area contributed by atoms with Crippen molar-refractivity contribution >= 4 is 35.8 Å². The van der Waals surface area contributed by atoms with Crippen molar-refractivity contribution in [2.24, 2.45) is 4.99 Å². The number of ether oxygens (including phenoxy) is 1. The van der Waals surface area contributed by atoms with Crippen molar-refractivity contribution in [3.63, 3.8) is 0 Å². The van der Waals surface area contributed by atoms with Crippen LogP contribution in [0.25, 0.3) is 0 Å². The fraction of sp³-hybridized carbons (Fsp3) is 0.579. The Morgan fingerprint density at radius 3 is 2.42 bits per heavy atom. The molecule has 0 saturated heterocycles. The first-order chi connectivity index (χ1) is 12.0. The number of amides is 1. The Morgan fingerprint density at radius 2 is 1.88 bits per heavy atom. The van der Waals surface area contributed by atoms with Crippen LogP contribution in [0.5, 0.6) is 5.75 Å². The summed E-state index contributed by atoms with van der Waals surface area (Å²) >= 11 is 0. The number of rotatable bonds is 9. The van der Waals surface area contributed by atoms with Crippen molar-refractivity contribution in [1.82, 2.24) is 15.5 Å². The molecule has 0 bridgehead atoms. The molecule has 1 amide bonds. The molecule has 0 aliphatic heterocycles. The van der Waals surface area contributed by atoms with E-state index >= 15 is 0 Å². The molecule has 0 unspecified atom stereocenters. The Labute approximate surface area is 174 Å². The quantitative estimate of drug-likeness (QED) is 0.327. The van der Waals surface area contributed by atoms with Gasteiger partial charge in [0.25, 0.3) is 0 Å². The van der Waals surface area contributed by atoms with E-state index in [1.165, 1.54) is 0 Å². The zero-order valence-corrected chi connectivity index (χ0v) is 18.9. The molecule has 1 aromatic rings. The molecule has 0 aromatic heterocycles. The molecule has 6 nitrogen and oxygen atoms in total. The topological polar surface area (TPSA) is 66.0 Å². The van der Waals surface area contributed by atoms with E-state index in [4.69, 9.17) is 4.74 Å². The fourth-order valence-electron chi connectivity index (χ4n) is 2.57. The molecule has 1 rings (SSSR count). The van der Waals surface area contributed by atoms with Gasteiger partial charge in [-0.25, -0.2) is 4.99 Å². The molecule has 0 fully saturated rings. The number of aliphatic imine (C=N–C) groups is 1. The summed E-state index contributed by atoms with van der Waals surface area (Å²) in [6, 6.07) is 6.06. The molecular formula is C19H33IN4O2. The van der Waals surface area contributed by atoms with E-state index in [1.807, 2.05) is 44.7 Å². The van der Waals surface area contributed by atoms with Gasteiger partial charge < -0.3 is 20.3 Å². The van der Waals surface area contributed by atoms with Crippen LogP contribution in [0.4, 0.5) is 0 Å². The maximum absolute atomic E-state index is 12.0. The largest absolute Gasteiger partial charge is 0.496 e. The van der Waals surface area contributed by atoms with Gasteiger partial charge in [0.1, 0.15) is 5.75 Å². The first-order valence-corrected chi connectivity index (χ1v) is 8.99. The van der Waals surface area contributed by atoms with Gasteiger partial charge in [-0.1, -0.05) is 12.1 Å². The van der Waals surface area contributed by atoms with Gasteiger partial charge in [-0.15, -0.1) is 24.0 Å². The Hall–Kier alpha value is -1.51. The summed E-state index contributed by atoms with van der Waals surface area (Å²) in [5.74, 6) is 1.77. The first-order valence-electron chi connectivity index (χ1n) is 8.99. The highest BCUT2D eigenvalue weighted by molar-refractivity contribution is 14.0. The monoisotopic (exact) mass is 476 g/mol. The number of methoxy groups -OCH3 is 1. The maximum Gasteiger partial charge on any atom is 0.224 e. The predicted octanol–water partition coefficient (Wildman–Crippen LogP) is 2.94. The summed E-state index contributed by atoms with van der Waals surface area (Å²) < 4.78 is 5.28. The molecule has 1 aromatic carbocycles. The summed E-state index contributed by atoms with van der Waals surface area (Å²) in [6.07, 6.45) is 0.466. The third kappa shape index (κ3) is 8.25. The lowest BCUT2D eigenvalue weighted by Gasteiger charge is -2.19. The van der Waals surface area contributed by atoms with E-state index in [0.717, 1.165) is 42.5 Å². The van der Waals surface area contributed by atoms with Gasteiger partial charge in [0, 0.05) is 32.6 Å². The number of carbonyl (C=O) groups is 1. The smallest absolute Gasteiger partial charge is 0.224 e. The number of carbonyl (C=O) groups excluding carboxylic acids is 1. The fourth-order valence-corrected chi connectivity index (χ4v) is 2.57. The minimum absolute atomic E-state index is 0. The van der Waals surface area contributed by atoms with Crippen LogP contribution in [0.2, 0.25) is 0 Å². The van der Waals surface area contributed by atoms with Crippen molar-refractivity contribution < 1.29 is 9.53 Å². The Morgan fingerprint density at radius 1 is 1.19 bits per heavy atom. The molecular weight excluding hydrogens is 443 g/mol. The van der Waals surface area contributed by atoms with Gasteiger partial charge in [-0.3, -0.25) is 4.79 Å². The van der Waals surface area contributed by atoms with Gasteiger partial charge in [0.2, 0.25) is 5.91 Å². The van der Waals surface area contributed by atoms with E-state index in [9.17, 15) is 4.79 Å². The number of hydrogen-bond acceptors (Lipinski definition) is 3. The molecule has 26 heavy (non-hydrogen) atoms. The third-order valence-corrected chi connectivity index (χ3v) is 3.97. The Kier molecular flexibility index (Phi) is 12.9. The molecule has 0 radical (unpaired) electrons. The van der Waals surface area contributed by atoms with E-state index in [2.05, 4.69) is 21.7 Å². The van der Waals surface area contributed by atoms with Crippen molar-refractivity contribution in [3.05, 3.63) is 29.3 Å². The molecule has 0 saturated carbocycles. The Balaban J connectivity index is 0.00000625. The molecule has 0 heterocycles. The molecule has 0 aliphatic carbocycles. The van der Waals surface area contributed by atoms with Crippen LogP contribution < -0.4 is 15.4 Å². The first kappa shape index (κ1) is 24.5. The average Bonchev–Trinajstić information content (AvgIpc) is 2.60. The lowest BCUT2D eigenvalue weighted by molar-refractivity contribution is -0.130. The van der Waals surface area contributed by atoms with Gasteiger partial charge in [0.05, 0.1) is 13.7 Å². The standard InChI is InChI=1S/C19H32N4O2.HI/c1-6-20-19(21-12-11-18(24)23(7-2)8-3)22-14-16-9-10-17(25-5)15(4)13-16;/h9-10,13H,6-8,11-12,14H2,1-5H3,(H2,20,21,22);1H. The van der Waals surface area contributed by atoms with Crippen LogP contribution in [-0.4, -0.2) is 50.1 Å². The second-order valence-corrected chi connectivity index (χ2v) is 5.74. The summed E-state index contributed by atoms with van der Waals surface area (Å²) in [4.78, 5) is 18.5. The number of nitrogens with zero attached hydrogens (tertiary/aromatic N) is 2. The summed E-state index contributed by atoms with van der Waals surface area (Å²) in [6.45, 7) is 11.5. The van der Waals surface area contributed by atoms with E-state index in [0.29, 0.717) is 19.5 Å². The lowest BCUT2D eigenvalue weighted by Crippen LogP contribution is -2.40. The van der Waals surface area contributed by atoms with Gasteiger partial charge in [-0.2, -0.15) is 0 Å². The normalized spacial score (nSPS) is 10.7. The minimum Gasteiger partial charge on any atom is -0.496 e. The van der Waals surface area contributed by atoms with Gasteiger partial charge in [0.15, 0.2) is 5.96 Å². The van der Waals surface area contributed by atoms with Crippen LogP contribution in [-0.2, 0) is 11.3 Å². The number of hydrogen-bond donors (Lipinski definition) is 2. The number of halogens is 1. The van der Waals surface area contributed by atoms with Gasteiger partial charge >= 0.3 is 0 Å². The second-order valence-electron chi connectivity index (χ2n) is 5.74. The van der Waals surface area contributed by atoms with Gasteiger partial charge in [-0.05, 0) is 44.9 Å². The highest BCUT2D eigenvalue weighted by atomic mass is 127. The van der Waals surface area contributed by atoms with E-state index < -0.39 is 0 Å². The SMILES string of the molecule is CCNC(=NCc1ccc(OC)c(C)c1)NCCC(=O)N(CC)CC.I. The number of aryl methyl sites for hydroxylation is 1. The minimum atomic E-state index is 0. The highest BCUT2D eigenvalue weighted by Gasteiger charge is 2.09. The van der Waals surface area contributed by atoms with Crippen LogP contribution in [0, 0.1) is 6.92 Å². The second kappa shape index (κ2) is 13.7. The molecule has 2 N–H and O–H groups in total. The van der Waals surface area contributed by atoms with Crippen molar-refractivity contribution in [2.45, 2.75) is 40.7 Å². The molecule has 148 valence electrons. The van der Waals surface area contributed by atoms with E-state index in [-0.39, 0.29) is 29.9 Å². The van der Waals surface area contributed by atoms with Crippen LogP contribution in [0.3, 0.4) is 0 Å². The molecule has 7 heteroatoms. The predicted molar refractivity (Wildman–Crippen MR) is 119 cm³/mol. The summed E-state index contributed by atoms with van der Waals surface area (Å²) in [5.41, 5.74) is 2.22. The number of benzene rings is 1. The maximum atomic E-state index is 12.0. The van der Waals surface area contributed by atoms with Crippen LogP contribution in [0.15, 0.2) is 23.2 Å². The van der Waals surface area contributed by atoms with Crippen molar-refractivity contribution in [3.8, 4) is 5.75 Å². The zero-order chi connectivity index (χ0) is 18.7. The molecule has 0 aliphatic rings. The number of nitrogens with one attached hydrogen (secondary N) is 2. The van der Waals surface area contributed by atoms with Crippen LogP contribution in [0.1, 0.15) is 38.3 Å². The zero-order valence-electron chi connectivity index (χ0n) is 16.6. The van der Waals surface area contributed by atoms with Crippen molar-refractivity contribution in [2.75, 3.05) is 33.3 Å². The lowest BCUT2D eigenvalue weighted by atomic mass is 10.1. The van der Waals surface area contributed by atoms with Crippen LogP contribution >= 0.6 is 24.0 Å². The summed E-state index contributed by atoms with van der Waals surface area (Å²) in [5, 5.41) is 6.44.